The van der Waals surface area contributed by atoms with E-state index in [0.717, 1.165) is 48.5 Å². The molecule has 0 aliphatic carbocycles. The second-order valence-electron chi connectivity index (χ2n) is 35.8. The first-order valence-corrected chi connectivity index (χ1v) is 50.5. The molecule has 0 amide bonds. The highest BCUT2D eigenvalue weighted by molar-refractivity contribution is 7.00. The van der Waals surface area contributed by atoms with Crippen LogP contribution < -0.4 is 20.7 Å². The SMILES string of the molecule is C=C1C[C@H](CCO[Si](C(C)C)(C(C)C)C(C)C)O[C@@H]([C@@H]2C[C@@H](O[Si](c3ccccc3)(c3ccccc3)C(C)(C)C)C[C@H](c3coc(/C=C/C[C@H]4O[C@@H](/C(C)=C/c5coc(C[C@]6(OC)C[C@H](OC)C[C@H]([C@H](/C=C(\C)C=O)CO[Si](c7ccccc7)(c7ccccc7)C(C)(C)C)O6)n5)[C@H](C)[C@@H](O[Si](CC)(CC)CC)[C@H]4C)n3)O2)C1. The van der Waals surface area contributed by atoms with Crippen molar-refractivity contribution >= 4 is 72.5 Å². The molecule has 0 N–H and O–H groups in total. The van der Waals surface area contributed by atoms with E-state index in [2.05, 4.69) is 253 Å². The lowest BCUT2D eigenvalue weighted by Crippen LogP contribution is -2.68. The summed E-state index contributed by atoms with van der Waals surface area (Å²) in [5.41, 5.74) is 5.67. The van der Waals surface area contributed by atoms with E-state index in [1.54, 1.807) is 26.7 Å². The second-order valence-corrected chi connectivity index (χ2v) is 54.5. The number of aldehydes is 1. The Bertz CT molecular complexity index is 3910. The van der Waals surface area contributed by atoms with E-state index in [9.17, 15) is 4.79 Å². The smallest absolute Gasteiger partial charge is 0.261 e. The van der Waals surface area contributed by atoms with Gasteiger partial charge in [-0.2, -0.15) is 0 Å². The Hall–Kier alpha value is -5.60. The van der Waals surface area contributed by atoms with Gasteiger partial charge < -0.3 is 55.0 Å². The highest BCUT2D eigenvalue weighted by atomic mass is 28.4. The highest BCUT2D eigenvalue weighted by Crippen LogP contribution is 2.48. The first-order chi connectivity index (χ1) is 53.4. The van der Waals surface area contributed by atoms with Gasteiger partial charge in [0.1, 0.15) is 36.3 Å². The topological polar surface area (TPSA) is 161 Å². The third kappa shape index (κ3) is 20.0. The molecule has 0 radical (unpaired) electrons. The number of nitrogens with zero attached hydrogens (tertiary/aromatic N) is 2. The molecule has 6 heterocycles. The molecule has 0 saturated carbocycles. The van der Waals surface area contributed by atoms with Gasteiger partial charge in [-0.1, -0.05) is 263 Å². The number of aromatic nitrogens is 2. The van der Waals surface area contributed by atoms with Gasteiger partial charge in [0.25, 0.3) is 16.6 Å². The maximum Gasteiger partial charge on any atom is 0.261 e. The van der Waals surface area contributed by atoms with Crippen molar-refractivity contribution in [3.05, 3.63) is 192 Å². The summed E-state index contributed by atoms with van der Waals surface area (Å²) in [6.07, 6.45) is 15.5. The van der Waals surface area contributed by atoms with Crippen molar-refractivity contribution < 1.29 is 59.8 Å². The van der Waals surface area contributed by atoms with Gasteiger partial charge in [-0.25, -0.2) is 9.97 Å². The van der Waals surface area contributed by atoms with Gasteiger partial charge in [0.05, 0.1) is 61.4 Å². The van der Waals surface area contributed by atoms with Crippen LogP contribution in [0.4, 0.5) is 0 Å². The van der Waals surface area contributed by atoms with Crippen molar-refractivity contribution in [2.75, 3.05) is 27.4 Å². The summed E-state index contributed by atoms with van der Waals surface area (Å²) in [5, 5.41) is 4.31. The van der Waals surface area contributed by atoms with E-state index >= 15 is 0 Å². The number of allylic oxidation sites excluding steroid dienone is 1. The summed E-state index contributed by atoms with van der Waals surface area (Å²) >= 11 is 0. The number of carbonyl (C=O) groups is 1. The van der Waals surface area contributed by atoms with Gasteiger partial charge in [0.2, 0.25) is 5.89 Å². The number of ether oxygens (including phenoxy) is 6. The van der Waals surface area contributed by atoms with Crippen LogP contribution in [0.2, 0.25) is 44.8 Å². The predicted molar refractivity (Wildman–Crippen MR) is 463 cm³/mol. The molecular formula is C93H136N2O13Si4. The molecule has 4 aliphatic rings. The van der Waals surface area contributed by atoms with Crippen LogP contribution >= 0.6 is 0 Å². The Kier molecular flexibility index (Phi) is 30.6. The summed E-state index contributed by atoms with van der Waals surface area (Å²) in [6.45, 7) is 49.0. The summed E-state index contributed by atoms with van der Waals surface area (Å²) in [6, 6.07) is 46.2. The molecular weight excluding hydrogens is 1470 g/mol. The van der Waals surface area contributed by atoms with E-state index in [1.807, 2.05) is 31.2 Å². The van der Waals surface area contributed by atoms with Crippen LogP contribution in [-0.4, -0.2) is 138 Å². The van der Waals surface area contributed by atoms with E-state index in [0.29, 0.717) is 91.4 Å². The van der Waals surface area contributed by atoms with Gasteiger partial charge in [-0.15, -0.1) is 0 Å². The van der Waals surface area contributed by atoms with Crippen LogP contribution in [0.1, 0.15) is 212 Å². The lowest BCUT2D eigenvalue weighted by Gasteiger charge is -2.48. The van der Waals surface area contributed by atoms with E-state index < -0.39 is 51.3 Å². The van der Waals surface area contributed by atoms with E-state index in [1.165, 1.54) is 26.3 Å². The third-order valence-corrected chi connectivity index (χ3v) is 46.4. The Labute approximate surface area is 676 Å². The largest absolute Gasteiger partial charge is 0.448 e. The zero-order valence-corrected chi connectivity index (χ0v) is 75.6. The molecule has 2 aromatic heterocycles. The minimum atomic E-state index is -3.01. The van der Waals surface area contributed by atoms with Crippen LogP contribution in [0, 0.1) is 17.8 Å². The quantitative estimate of drug-likeness (QED) is 0.0160. The monoisotopic (exact) mass is 1600 g/mol. The fourth-order valence-corrected chi connectivity index (χ4v) is 37.3. The standard InChI is InChI=1S/C93H136N2O13Si4/c1-23-109(24-2,25-3)108-90-70(13)82(105-89(71(90)14)69(12)54-73-62-99-88(94-73)59-93(98-22)58-76(97-21)57-83(106-93)72(51-68(11)60-96)61-102-111(91(15,16)17,77-39-30-26-31-40-77)78-41-32-27-33-42-78)47-38-48-87-95-81(63-100-87)84-55-75(107-112(92(18,19)20,79-43-34-28-35-44-79)80-45-36-29-37-46-80)56-86(104-84)85-53-67(10)52-74(103-85)49-50-101-110(64(4)5,65(6)7)66(8)9/h26-46,48,51,54,60,62-66,70-72,74-76,82-86,89-90H,10,23-25,47,49-50,52-53,55-59,61H2,1-9,11-22H3/b48-38+,68-51+,69-54+/t70-,71-,72+,74-,75-,76+,82+,83+,84+,85+,86-,89-,90-,93-/m0/s1. The molecule has 112 heavy (non-hydrogen) atoms. The molecule has 4 fully saturated rings. The molecule has 4 saturated heterocycles. The van der Waals surface area contributed by atoms with Crippen molar-refractivity contribution in [1.82, 2.24) is 9.97 Å². The van der Waals surface area contributed by atoms with Crippen molar-refractivity contribution in [3.8, 4) is 0 Å². The number of carbonyl (C=O) groups excluding carboxylic acids is 1. The van der Waals surface area contributed by atoms with Gasteiger partial charge in [-0.05, 0) is 128 Å². The lowest BCUT2D eigenvalue weighted by atomic mass is 9.79. The number of methoxy groups -OCH3 is 2. The molecule has 0 unspecified atom stereocenters. The molecule has 19 heteroatoms. The van der Waals surface area contributed by atoms with Crippen LogP contribution in [0.25, 0.3) is 12.2 Å². The van der Waals surface area contributed by atoms with Gasteiger partial charge in [0, 0.05) is 70.9 Å². The molecule has 6 aromatic rings. The molecule has 10 rings (SSSR count). The van der Waals surface area contributed by atoms with Crippen molar-refractivity contribution in [2.45, 2.75) is 301 Å². The number of hydrogen-bond donors (Lipinski definition) is 0. The average molecular weight is 1600 g/mol. The minimum absolute atomic E-state index is 0.0241. The first kappa shape index (κ1) is 88.8. The molecule has 4 aliphatic heterocycles. The average Bonchev–Trinajstić information content (AvgIpc) is 0.953. The molecule has 0 spiro atoms. The van der Waals surface area contributed by atoms with Crippen LogP contribution in [0.5, 0.6) is 0 Å². The van der Waals surface area contributed by atoms with Crippen LogP contribution in [-0.2, 0) is 57.3 Å². The maximum atomic E-state index is 12.5. The number of oxazole rings is 2. The Balaban J connectivity index is 0.893. The summed E-state index contributed by atoms with van der Waals surface area (Å²) in [4.78, 5) is 22.9. The Morgan fingerprint density at radius 1 is 0.661 bits per heavy atom. The Morgan fingerprint density at radius 2 is 1.23 bits per heavy atom. The molecule has 0 bridgehead atoms. The zero-order chi connectivity index (χ0) is 81.0. The van der Waals surface area contributed by atoms with Gasteiger partial charge in [-0.3, -0.25) is 4.79 Å². The molecule has 612 valence electrons. The zero-order valence-electron chi connectivity index (χ0n) is 71.6. The van der Waals surface area contributed by atoms with E-state index in [-0.39, 0.29) is 83.1 Å². The summed E-state index contributed by atoms with van der Waals surface area (Å²) in [5.74, 6) is -0.481. The van der Waals surface area contributed by atoms with Crippen LogP contribution in [0.15, 0.2) is 178 Å². The number of hydrogen-bond acceptors (Lipinski definition) is 15. The highest BCUT2D eigenvalue weighted by Gasteiger charge is 2.56. The van der Waals surface area contributed by atoms with Gasteiger partial charge in [0.15, 0.2) is 28.3 Å². The lowest BCUT2D eigenvalue weighted by molar-refractivity contribution is -0.295. The van der Waals surface area contributed by atoms with E-state index in [4.69, 9.17) is 64.9 Å². The number of rotatable bonds is 35. The maximum absolute atomic E-state index is 12.5. The second kappa shape index (κ2) is 38.6. The van der Waals surface area contributed by atoms with Crippen molar-refractivity contribution in [1.29, 1.82) is 0 Å². The fraction of sp³-hybridized carbons (Fsp3) is 0.581. The van der Waals surface area contributed by atoms with Gasteiger partial charge >= 0.3 is 0 Å². The van der Waals surface area contributed by atoms with Crippen molar-refractivity contribution in [2.24, 2.45) is 17.8 Å². The van der Waals surface area contributed by atoms with Crippen molar-refractivity contribution in [3.63, 3.8) is 0 Å². The predicted octanol–water partition coefficient (Wildman–Crippen LogP) is 19.9. The fourth-order valence-electron chi connectivity index (χ4n) is 19.6. The molecule has 4 aromatic carbocycles. The van der Waals surface area contributed by atoms with Crippen LogP contribution in [0.3, 0.4) is 0 Å². The molecule has 15 nitrogen and oxygen atoms in total. The minimum Gasteiger partial charge on any atom is -0.448 e. The third-order valence-electron chi connectivity index (χ3n) is 25.6. The number of benzene rings is 4. The first-order valence-electron chi connectivity index (χ1n) is 42.0. The normalized spacial score (nSPS) is 26.1. The summed E-state index contributed by atoms with van der Waals surface area (Å²) in [7, 11) is -6.80. The Morgan fingerprint density at radius 3 is 1.76 bits per heavy atom. The molecule has 14 atom stereocenters. The summed E-state index contributed by atoms with van der Waals surface area (Å²) < 4.78 is 85.0.